The van der Waals surface area contributed by atoms with Crippen LogP contribution in [0.3, 0.4) is 0 Å². The van der Waals surface area contributed by atoms with E-state index in [1.807, 2.05) is 13.8 Å². The lowest BCUT2D eigenvalue weighted by atomic mass is 10.1. The van der Waals surface area contributed by atoms with Crippen LogP contribution in [0.1, 0.15) is 36.3 Å². The molecule has 0 amide bonds. The molecule has 1 aliphatic heterocycles. The third-order valence-electron chi connectivity index (χ3n) is 4.49. The standard InChI is InChI=1S/C19H35N5O2S.HI/c1-5-16-15(3)27-17(23-16)7-8-21-18(20-6-2)22-13-19(4,25)14-24-9-11-26-12-10-24;/h25H,5-14H2,1-4H3,(H2,20,21,22);1H. The fourth-order valence-corrected chi connectivity index (χ4v) is 4.11. The van der Waals surface area contributed by atoms with Crippen molar-refractivity contribution in [2.24, 2.45) is 4.99 Å². The number of hydrogen-bond donors (Lipinski definition) is 3. The van der Waals surface area contributed by atoms with E-state index in [0.717, 1.165) is 63.2 Å². The Morgan fingerprint density at radius 3 is 2.64 bits per heavy atom. The quantitative estimate of drug-likeness (QED) is 0.259. The number of aromatic nitrogens is 1. The minimum absolute atomic E-state index is 0. The van der Waals surface area contributed by atoms with E-state index in [-0.39, 0.29) is 24.0 Å². The summed E-state index contributed by atoms with van der Waals surface area (Å²) in [5.74, 6) is 0.740. The number of nitrogens with zero attached hydrogens (tertiary/aromatic N) is 3. The van der Waals surface area contributed by atoms with E-state index in [1.165, 1.54) is 10.6 Å². The maximum atomic E-state index is 10.7. The van der Waals surface area contributed by atoms with Crippen LogP contribution < -0.4 is 10.6 Å². The molecule has 0 bridgehead atoms. The molecule has 0 spiro atoms. The number of morpholine rings is 1. The minimum Gasteiger partial charge on any atom is -0.387 e. The highest BCUT2D eigenvalue weighted by atomic mass is 127. The van der Waals surface area contributed by atoms with E-state index in [9.17, 15) is 5.11 Å². The molecule has 1 aliphatic rings. The number of aryl methyl sites for hydroxylation is 2. The van der Waals surface area contributed by atoms with Gasteiger partial charge in [0.25, 0.3) is 0 Å². The number of halogens is 1. The second-order valence-electron chi connectivity index (χ2n) is 7.22. The van der Waals surface area contributed by atoms with Gasteiger partial charge in [0.1, 0.15) is 0 Å². The smallest absolute Gasteiger partial charge is 0.191 e. The predicted octanol–water partition coefficient (Wildman–Crippen LogP) is 1.81. The summed E-state index contributed by atoms with van der Waals surface area (Å²) in [6.07, 6.45) is 1.86. The van der Waals surface area contributed by atoms with Crippen molar-refractivity contribution in [1.82, 2.24) is 20.5 Å². The summed E-state index contributed by atoms with van der Waals surface area (Å²) in [6.45, 7) is 13.9. The zero-order valence-electron chi connectivity index (χ0n) is 17.6. The Morgan fingerprint density at radius 2 is 2.04 bits per heavy atom. The number of nitrogens with one attached hydrogen (secondary N) is 2. The molecule has 1 aromatic rings. The fraction of sp³-hybridized carbons (Fsp3) is 0.789. The topological polar surface area (TPSA) is 82.0 Å². The fourth-order valence-electron chi connectivity index (χ4n) is 3.09. The van der Waals surface area contributed by atoms with Crippen molar-refractivity contribution in [2.75, 3.05) is 52.5 Å². The molecular weight excluding hydrogens is 489 g/mol. The molecule has 0 aliphatic carbocycles. The Kier molecular flexibility index (Phi) is 11.8. The molecule has 1 saturated heterocycles. The Labute approximate surface area is 190 Å². The largest absolute Gasteiger partial charge is 0.387 e. The van der Waals surface area contributed by atoms with Crippen LogP contribution >= 0.6 is 35.3 Å². The van der Waals surface area contributed by atoms with E-state index in [2.05, 4.69) is 39.4 Å². The van der Waals surface area contributed by atoms with Gasteiger partial charge in [-0.2, -0.15) is 0 Å². The lowest BCUT2D eigenvalue weighted by Gasteiger charge is -2.33. The van der Waals surface area contributed by atoms with Gasteiger partial charge >= 0.3 is 0 Å². The molecule has 0 aromatic carbocycles. The van der Waals surface area contributed by atoms with Crippen molar-refractivity contribution in [3.63, 3.8) is 0 Å². The second-order valence-corrected chi connectivity index (χ2v) is 8.51. The molecule has 1 fully saturated rings. The maximum Gasteiger partial charge on any atom is 0.191 e. The van der Waals surface area contributed by atoms with Crippen molar-refractivity contribution in [3.05, 3.63) is 15.6 Å². The van der Waals surface area contributed by atoms with Crippen LogP contribution in [0.5, 0.6) is 0 Å². The van der Waals surface area contributed by atoms with Crippen molar-refractivity contribution >= 4 is 41.3 Å². The van der Waals surface area contributed by atoms with E-state index in [1.54, 1.807) is 11.3 Å². The average Bonchev–Trinajstić information content (AvgIpc) is 3.00. The molecule has 1 unspecified atom stereocenters. The lowest BCUT2D eigenvalue weighted by Crippen LogP contribution is -2.48. The third kappa shape index (κ3) is 8.89. The molecule has 9 heteroatoms. The Hall–Kier alpha value is -0.490. The zero-order valence-corrected chi connectivity index (χ0v) is 20.7. The number of aliphatic imine (C=N–C) groups is 1. The summed E-state index contributed by atoms with van der Waals surface area (Å²) < 4.78 is 5.37. The van der Waals surface area contributed by atoms with Gasteiger partial charge in [-0.15, -0.1) is 35.3 Å². The first kappa shape index (κ1) is 25.5. The highest BCUT2D eigenvalue weighted by molar-refractivity contribution is 14.0. The number of hydrogen-bond acceptors (Lipinski definition) is 6. The first-order chi connectivity index (χ1) is 12.9. The van der Waals surface area contributed by atoms with Gasteiger partial charge in [0, 0.05) is 44.0 Å². The van der Waals surface area contributed by atoms with Crippen LogP contribution in [0.4, 0.5) is 0 Å². The van der Waals surface area contributed by atoms with Gasteiger partial charge in [0.05, 0.1) is 36.1 Å². The van der Waals surface area contributed by atoms with Crippen LogP contribution in [0.15, 0.2) is 4.99 Å². The molecule has 0 radical (unpaired) electrons. The van der Waals surface area contributed by atoms with Gasteiger partial charge in [-0.25, -0.2) is 4.98 Å². The van der Waals surface area contributed by atoms with Crippen LogP contribution in [0.2, 0.25) is 0 Å². The maximum absolute atomic E-state index is 10.7. The van der Waals surface area contributed by atoms with E-state index >= 15 is 0 Å². The summed E-state index contributed by atoms with van der Waals surface area (Å²) in [5, 5.41) is 18.5. The first-order valence-corrected chi connectivity index (χ1v) is 10.7. The van der Waals surface area contributed by atoms with Gasteiger partial charge in [0.15, 0.2) is 5.96 Å². The van der Waals surface area contributed by atoms with Crippen molar-refractivity contribution in [1.29, 1.82) is 0 Å². The molecule has 162 valence electrons. The normalized spacial score (nSPS) is 17.7. The monoisotopic (exact) mass is 525 g/mol. The minimum atomic E-state index is -0.859. The van der Waals surface area contributed by atoms with Crippen LogP contribution in [-0.4, -0.2) is 79.0 Å². The van der Waals surface area contributed by atoms with E-state index < -0.39 is 5.60 Å². The summed E-state index contributed by atoms with van der Waals surface area (Å²) in [4.78, 5) is 12.8. The number of guanidine groups is 1. The van der Waals surface area contributed by atoms with Gasteiger partial charge in [-0.05, 0) is 27.2 Å². The summed E-state index contributed by atoms with van der Waals surface area (Å²) in [7, 11) is 0. The third-order valence-corrected chi connectivity index (χ3v) is 5.57. The molecule has 3 N–H and O–H groups in total. The number of aliphatic hydroxyl groups is 1. The summed E-state index contributed by atoms with van der Waals surface area (Å²) >= 11 is 1.77. The molecule has 2 heterocycles. The van der Waals surface area contributed by atoms with Gasteiger partial charge in [-0.1, -0.05) is 6.92 Å². The first-order valence-electron chi connectivity index (χ1n) is 9.93. The number of rotatable bonds is 9. The number of β-amino-alcohol motifs (C(OH)–C–C–N with tert-alkyl or cyclic N) is 1. The Morgan fingerprint density at radius 1 is 1.32 bits per heavy atom. The highest BCUT2D eigenvalue weighted by Gasteiger charge is 2.25. The lowest BCUT2D eigenvalue weighted by molar-refractivity contribution is -0.0179. The summed E-state index contributed by atoms with van der Waals surface area (Å²) in [6, 6.07) is 0. The predicted molar refractivity (Wildman–Crippen MR) is 127 cm³/mol. The van der Waals surface area contributed by atoms with Crippen LogP contribution in [-0.2, 0) is 17.6 Å². The van der Waals surface area contributed by atoms with Crippen LogP contribution in [0, 0.1) is 6.92 Å². The molecule has 1 atom stereocenters. The Balaban J connectivity index is 0.00000392. The molecule has 28 heavy (non-hydrogen) atoms. The van der Waals surface area contributed by atoms with Crippen molar-refractivity contribution in [3.8, 4) is 0 Å². The Bertz CT molecular complexity index is 603. The van der Waals surface area contributed by atoms with E-state index in [4.69, 9.17) is 4.74 Å². The summed E-state index contributed by atoms with van der Waals surface area (Å²) in [5.41, 5.74) is 0.344. The average molecular weight is 526 g/mol. The highest BCUT2D eigenvalue weighted by Crippen LogP contribution is 2.18. The number of ether oxygens (including phenoxy) is 1. The molecular formula is C19H36IN5O2S. The van der Waals surface area contributed by atoms with Crippen molar-refractivity contribution < 1.29 is 9.84 Å². The molecule has 7 nitrogen and oxygen atoms in total. The van der Waals surface area contributed by atoms with Crippen molar-refractivity contribution in [2.45, 2.75) is 46.1 Å². The van der Waals surface area contributed by atoms with Gasteiger partial charge in [0.2, 0.25) is 0 Å². The second kappa shape index (κ2) is 12.9. The van der Waals surface area contributed by atoms with Crippen LogP contribution in [0.25, 0.3) is 0 Å². The van der Waals surface area contributed by atoms with Gasteiger partial charge < -0.3 is 20.5 Å². The van der Waals surface area contributed by atoms with E-state index in [0.29, 0.717) is 13.1 Å². The SMILES string of the molecule is CCNC(=NCC(C)(O)CN1CCOCC1)NCCc1nc(CC)c(C)s1.I. The zero-order chi connectivity index (χ0) is 19.7. The van der Waals surface area contributed by atoms with Gasteiger partial charge in [-0.3, -0.25) is 9.89 Å². The number of thiazole rings is 1. The molecule has 0 saturated carbocycles. The molecule has 1 aromatic heterocycles. The molecule has 2 rings (SSSR count).